The molecule has 0 aliphatic rings. The number of pyridine rings is 1. The summed E-state index contributed by atoms with van der Waals surface area (Å²) in [4.78, 5) is 4.28. The van der Waals surface area contributed by atoms with Crippen LogP contribution >= 0.6 is 0 Å². The average Bonchev–Trinajstić information content (AvgIpc) is 2.82. The second-order valence-corrected chi connectivity index (χ2v) is 5.93. The average molecular weight is 288 g/mol. The molecule has 7 heteroatoms. The SMILES string of the molecule is Nc1ccc(S(=O)(=O)Nc2cnc3ccccn23)cc1. The van der Waals surface area contributed by atoms with Crippen LogP contribution in [0.5, 0.6) is 0 Å². The van der Waals surface area contributed by atoms with Gasteiger partial charge in [-0.2, -0.15) is 0 Å². The molecular weight excluding hydrogens is 276 g/mol. The van der Waals surface area contributed by atoms with Crippen molar-refractivity contribution in [2.75, 3.05) is 10.5 Å². The fraction of sp³-hybridized carbons (Fsp3) is 0. The standard InChI is InChI=1S/C13H12N4O2S/c14-10-4-6-11(7-5-10)20(18,19)16-13-9-15-12-3-1-2-8-17(12)13/h1-9,16H,14H2. The highest BCUT2D eigenvalue weighted by atomic mass is 32.2. The molecule has 0 radical (unpaired) electrons. The van der Waals surface area contributed by atoms with Crippen molar-refractivity contribution in [1.82, 2.24) is 9.38 Å². The van der Waals surface area contributed by atoms with Crippen LogP contribution in [0.15, 0.2) is 59.8 Å². The molecule has 0 amide bonds. The van der Waals surface area contributed by atoms with E-state index < -0.39 is 10.0 Å². The van der Waals surface area contributed by atoms with E-state index in [4.69, 9.17) is 5.73 Å². The fourth-order valence-electron chi connectivity index (χ4n) is 1.85. The molecule has 2 aromatic heterocycles. The summed E-state index contributed by atoms with van der Waals surface area (Å²) < 4.78 is 28.7. The highest BCUT2D eigenvalue weighted by Gasteiger charge is 2.16. The van der Waals surface area contributed by atoms with Crippen molar-refractivity contribution >= 4 is 27.2 Å². The molecule has 0 bridgehead atoms. The molecule has 0 aliphatic carbocycles. The largest absolute Gasteiger partial charge is 0.399 e. The van der Waals surface area contributed by atoms with Crippen molar-refractivity contribution < 1.29 is 8.42 Å². The second kappa shape index (κ2) is 4.53. The van der Waals surface area contributed by atoms with Gasteiger partial charge in [-0.15, -0.1) is 0 Å². The summed E-state index contributed by atoms with van der Waals surface area (Å²) in [7, 11) is -3.66. The van der Waals surface area contributed by atoms with E-state index in [0.717, 1.165) is 0 Å². The Kier molecular flexibility index (Phi) is 2.83. The highest BCUT2D eigenvalue weighted by Crippen LogP contribution is 2.18. The molecule has 0 spiro atoms. The molecule has 3 aromatic rings. The third kappa shape index (κ3) is 2.19. The van der Waals surface area contributed by atoms with Crippen LogP contribution < -0.4 is 10.5 Å². The van der Waals surface area contributed by atoms with Crippen LogP contribution in [-0.4, -0.2) is 17.8 Å². The molecule has 2 heterocycles. The maximum Gasteiger partial charge on any atom is 0.263 e. The number of nitrogens with one attached hydrogen (secondary N) is 1. The lowest BCUT2D eigenvalue weighted by Gasteiger charge is -2.07. The van der Waals surface area contributed by atoms with Crippen molar-refractivity contribution in [2.24, 2.45) is 0 Å². The normalized spacial score (nSPS) is 11.6. The molecule has 0 saturated carbocycles. The first-order valence-corrected chi connectivity index (χ1v) is 7.35. The number of anilines is 2. The predicted molar refractivity (Wildman–Crippen MR) is 76.9 cm³/mol. The van der Waals surface area contributed by atoms with Crippen LogP contribution in [0.4, 0.5) is 11.5 Å². The van der Waals surface area contributed by atoms with Gasteiger partial charge in [-0.3, -0.25) is 9.12 Å². The Morgan fingerprint density at radius 2 is 1.85 bits per heavy atom. The number of hydrogen-bond donors (Lipinski definition) is 2. The van der Waals surface area contributed by atoms with Crippen LogP contribution in [0.2, 0.25) is 0 Å². The van der Waals surface area contributed by atoms with Crippen LogP contribution in [0, 0.1) is 0 Å². The molecule has 3 N–H and O–H groups in total. The molecular formula is C13H12N4O2S. The van der Waals surface area contributed by atoms with Gasteiger partial charge in [0.15, 0.2) is 0 Å². The predicted octanol–water partition coefficient (Wildman–Crippen LogP) is 1.72. The Bertz CT molecular complexity index is 853. The van der Waals surface area contributed by atoms with E-state index in [9.17, 15) is 8.42 Å². The maximum absolute atomic E-state index is 12.3. The number of nitrogen functional groups attached to an aromatic ring is 1. The van der Waals surface area contributed by atoms with Crippen LogP contribution in [0.25, 0.3) is 5.65 Å². The lowest BCUT2D eigenvalue weighted by molar-refractivity contribution is 0.601. The minimum atomic E-state index is -3.66. The monoisotopic (exact) mass is 288 g/mol. The van der Waals surface area contributed by atoms with E-state index in [1.165, 1.54) is 18.3 Å². The number of nitrogens with two attached hydrogens (primary N) is 1. The summed E-state index contributed by atoms with van der Waals surface area (Å²) in [5.74, 6) is 0.387. The van der Waals surface area contributed by atoms with Crippen molar-refractivity contribution in [3.63, 3.8) is 0 Å². The molecule has 3 rings (SSSR count). The molecule has 0 saturated heterocycles. The molecule has 102 valence electrons. The molecule has 20 heavy (non-hydrogen) atoms. The zero-order chi connectivity index (χ0) is 14.2. The number of imidazole rings is 1. The van der Waals surface area contributed by atoms with Gasteiger partial charge in [0.05, 0.1) is 11.1 Å². The number of fused-ring (bicyclic) bond motifs is 1. The number of aromatic nitrogens is 2. The third-order valence-electron chi connectivity index (χ3n) is 2.85. The second-order valence-electron chi connectivity index (χ2n) is 4.25. The smallest absolute Gasteiger partial charge is 0.263 e. The Balaban J connectivity index is 1.99. The first-order valence-electron chi connectivity index (χ1n) is 5.87. The number of hydrogen-bond acceptors (Lipinski definition) is 4. The van der Waals surface area contributed by atoms with Crippen molar-refractivity contribution in [2.45, 2.75) is 4.90 Å². The minimum Gasteiger partial charge on any atom is -0.399 e. The van der Waals surface area contributed by atoms with E-state index in [1.54, 1.807) is 34.9 Å². The molecule has 0 atom stereocenters. The number of nitrogens with zero attached hydrogens (tertiary/aromatic N) is 2. The van der Waals surface area contributed by atoms with Crippen LogP contribution in [0.3, 0.4) is 0 Å². The van der Waals surface area contributed by atoms with Gasteiger partial charge in [0.25, 0.3) is 10.0 Å². The van der Waals surface area contributed by atoms with Gasteiger partial charge < -0.3 is 5.73 Å². The summed E-state index contributed by atoms with van der Waals surface area (Å²) in [5, 5.41) is 0. The summed E-state index contributed by atoms with van der Waals surface area (Å²) in [6.07, 6.45) is 3.22. The first kappa shape index (κ1) is 12.5. The Labute approximate surface area is 115 Å². The molecule has 1 aromatic carbocycles. The molecule has 6 nitrogen and oxygen atoms in total. The van der Waals surface area contributed by atoms with Gasteiger partial charge in [0.1, 0.15) is 11.5 Å². The molecule has 0 aliphatic heterocycles. The number of benzene rings is 1. The summed E-state index contributed by atoms with van der Waals surface area (Å²) >= 11 is 0. The molecule has 0 fully saturated rings. The lowest BCUT2D eigenvalue weighted by atomic mass is 10.3. The van der Waals surface area contributed by atoms with Gasteiger partial charge >= 0.3 is 0 Å². The van der Waals surface area contributed by atoms with Gasteiger partial charge in [0.2, 0.25) is 0 Å². The fourth-order valence-corrected chi connectivity index (χ4v) is 2.89. The van der Waals surface area contributed by atoms with Crippen molar-refractivity contribution in [3.05, 3.63) is 54.9 Å². The zero-order valence-corrected chi connectivity index (χ0v) is 11.2. The minimum absolute atomic E-state index is 0.151. The van der Waals surface area contributed by atoms with E-state index in [0.29, 0.717) is 17.2 Å². The number of rotatable bonds is 3. The lowest BCUT2D eigenvalue weighted by Crippen LogP contribution is -2.14. The van der Waals surface area contributed by atoms with E-state index in [-0.39, 0.29) is 4.90 Å². The van der Waals surface area contributed by atoms with Gasteiger partial charge in [-0.05, 0) is 36.4 Å². The Morgan fingerprint density at radius 3 is 2.60 bits per heavy atom. The summed E-state index contributed by atoms with van der Waals surface area (Å²) in [5.41, 5.74) is 6.73. The number of sulfonamides is 1. The van der Waals surface area contributed by atoms with Crippen LogP contribution in [-0.2, 0) is 10.0 Å². The Hall–Kier alpha value is -2.54. The topological polar surface area (TPSA) is 89.5 Å². The first-order chi connectivity index (χ1) is 9.56. The molecule has 0 unspecified atom stereocenters. The van der Waals surface area contributed by atoms with Gasteiger partial charge in [-0.1, -0.05) is 6.07 Å². The zero-order valence-electron chi connectivity index (χ0n) is 10.4. The van der Waals surface area contributed by atoms with E-state index in [1.807, 2.05) is 6.07 Å². The van der Waals surface area contributed by atoms with Gasteiger partial charge in [0, 0.05) is 11.9 Å². The van der Waals surface area contributed by atoms with Crippen molar-refractivity contribution in [3.8, 4) is 0 Å². The van der Waals surface area contributed by atoms with Crippen molar-refractivity contribution in [1.29, 1.82) is 0 Å². The maximum atomic E-state index is 12.3. The third-order valence-corrected chi connectivity index (χ3v) is 4.22. The highest BCUT2D eigenvalue weighted by molar-refractivity contribution is 7.92. The quantitative estimate of drug-likeness (QED) is 0.718. The Morgan fingerprint density at radius 1 is 1.10 bits per heavy atom. The van der Waals surface area contributed by atoms with Gasteiger partial charge in [-0.25, -0.2) is 13.4 Å². The summed E-state index contributed by atoms with van der Waals surface area (Å²) in [6, 6.07) is 11.4. The van der Waals surface area contributed by atoms with Crippen LogP contribution in [0.1, 0.15) is 0 Å². The summed E-state index contributed by atoms with van der Waals surface area (Å²) in [6.45, 7) is 0. The van der Waals surface area contributed by atoms with E-state index in [2.05, 4.69) is 9.71 Å². The van der Waals surface area contributed by atoms with E-state index >= 15 is 0 Å².